The van der Waals surface area contributed by atoms with Crippen LogP contribution in [0.1, 0.15) is 30.1 Å². The minimum atomic E-state index is 0.0874. The highest BCUT2D eigenvalue weighted by molar-refractivity contribution is 5.56. The second-order valence-electron chi connectivity index (χ2n) is 5.93. The van der Waals surface area contributed by atoms with Crippen molar-refractivity contribution < 1.29 is 5.11 Å². The lowest BCUT2D eigenvalue weighted by molar-refractivity contribution is 0.281. The maximum atomic E-state index is 9.20. The summed E-state index contributed by atoms with van der Waals surface area (Å²) in [6.45, 7) is 2.13. The van der Waals surface area contributed by atoms with E-state index in [4.69, 9.17) is 0 Å². The number of nitrogens with one attached hydrogen (secondary N) is 1. The predicted molar refractivity (Wildman–Crippen MR) is 99.1 cm³/mol. The number of nitrogens with zero attached hydrogens (tertiary/aromatic N) is 3. The van der Waals surface area contributed by atoms with E-state index >= 15 is 0 Å². The molecule has 5 heteroatoms. The lowest BCUT2D eigenvalue weighted by Crippen LogP contribution is -2.13. The van der Waals surface area contributed by atoms with Crippen LogP contribution in [0.25, 0.3) is 11.4 Å². The van der Waals surface area contributed by atoms with Crippen LogP contribution >= 0.6 is 0 Å². The first kappa shape index (κ1) is 17.0. The van der Waals surface area contributed by atoms with E-state index in [1.165, 1.54) is 5.56 Å². The maximum absolute atomic E-state index is 9.20. The fraction of sp³-hybridized carbons (Fsp3) is 0.250. The number of hydrogen-bond donors (Lipinski definition) is 2. The molecule has 5 nitrogen and oxygen atoms in total. The predicted octanol–water partition coefficient (Wildman–Crippen LogP) is 3.77. The van der Waals surface area contributed by atoms with E-state index < -0.39 is 0 Å². The smallest absolute Gasteiger partial charge is 0.163 e. The van der Waals surface area contributed by atoms with Gasteiger partial charge in [-0.05, 0) is 37.5 Å². The first-order valence-corrected chi connectivity index (χ1v) is 8.44. The summed E-state index contributed by atoms with van der Waals surface area (Å²) in [6, 6.07) is 16.1. The highest BCUT2D eigenvalue weighted by Crippen LogP contribution is 2.24. The Kier molecular flexibility index (Phi) is 5.69. The molecule has 0 spiro atoms. The molecule has 128 valence electrons. The number of aryl methyl sites for hydroxylation is 1. The summed E-state index contributed by atoms with van der Waals surface area (Å²) in [5.74, 6) is 1.43. The highest BCUT2D eigenvalue weighted by atomic mass is 16.2. The van der Waals surface area contributed by atoms with Gasteiger partial charge >= 0.3 is 0 Å². The molecule has 1 unspecified atom stereocenters. The normalized spacial score (nSPS) is 11.9. The van der Waals surface area contributed by atoms with Crippen LogP contribution in [0.4, 0.5) is 5.82 Å². The summed E-state index contributed by atoms with van der Waals surface area (Å²) < 4.78 is 0. The van der Waals surface area contributed by atoms with E-state index in [0.29, 0.717) is 5.82 Å². The van der Waals surface area contributed by atoms with Crippen molar-refractivity contribution in [3.05, 3.63) is 72.2 Å². The summed E-state index contributed by atoms with van der Waals surface area (Å²) in [7, 11) is 0. The maximum Gasteiger partial charge on any atom is 0.163 e. The number of aliphatic hydroxyl groups is 1. The third kappa shape index (κ3) is 4.61. The van der Waals surface area contributed by atoms with Gasteiger partial charge in [-0.25, -0.2) is 9.97 Å². The van der Waals surface area contributed by atoms with Crippen molar-refractivity contribution in [2.45, 2.75) is 25.8 Å². The van der Waals surface area contributed by atoms with Crippen molar-refractivity contribution in [3.8, 4) is 11.4 Å². The van der Waals surface area contributed by atoms with E-state index in [0.717, 1.165) is 29.9 Å². The molecule has 0 aliphatic rings. The average Bonchev–Trinajstić information content (AvgIpc) is 2.66. The van der Waals surface area contributed by atoms with Gasteiger partial charge in [-0.15, -0.1) is 0 Å². The van der Waals surface area contributed by atoms with E-state index in [-0.39, 0.29) is 12.6 Å². The van der Waals surface area contributed by atoms with E-state index in [1.54, 1.807) is 12.4 Å². The molecule has 2 heterocycles. The molecule has 3 rings (SSSR count). The summed E-state index contributed by atoms with van der Waals surface area (Å²) >= 11 is 0. The molecule has 0 fully saturated rings. The fourth-order valence-electron chi connectivity index (χ4n) is 2.75. The molecule has 25 heavy (non-hydrogen) atoms. The largest absolute Gasteiger partial charge is 0.396 e. The second-order valence-corrected chi connectivity index (χ2v) is 5.93. The first-order valence-electron chi connectivity index (χ1n) is 8.44. The van der Waals surface area contributed by atoms with Crippen molar-refractivity contribution >= 4 is 5.82 Å². The molecule has 2 N–H and O–H groups in total. The SMILES string of the molecule is Cc1cc(NC(CCCO)c2ccccc2)nc(-c2cccnc2)n1. The van der Waals surface area contributed by atoms with Crippen molar-refractivity contribution in [2.75, 3.05) is 11.9 Å². The molecular formula is C20H22N4O. The molecule has 0 aliphatic heterocycles. The molecular weight excluding hydrogens is 312 g/mol. The van der Waals surface area contributed by atoms with Gasteiger partial charge in [-0.2, -0.15) is 0 Å². The summed E-state index contributed by atoms with van der Waals surface area (Å²) in [6.07, 6.45) is 5.05. The zero-order valence-electron chi connectivity index (χ0n) is 14.3. The van der Waals surface area contributed by atoms with Gasteiger partial charge in [0.15, 0.2) is 5.82 Å². The highest BCUT2D eigenvalue weighted by Gasteiger charge is 2.13. The van der Waals surface area contributed by atoms with Crippen LogP contribution in [0.3, 0.4) is 0 Å². The quantitative estimate of drug-likeness (QED) is 0.688. The topological polar surface area (TPSA) is 70.9 Å². The minimum Gasteiger partial charge on any atom is -0.396 e. The second kappa shape index (κ2) is 8.35. The number of hydrogen-bond acceptors (Lipinski definition) is 5. The average molecular weight is 334 g/mol. The number of pyridine rings is 1. The molecule has 3 aromatic rings. The van der Waals surface area contributed by atoms with Crippen LogP contribution in [0.15, 0.2) is 60.9 Å². The Bertz CT molecular complexity index is 793. The lowest BCUT2D eigenvalue weighted by atomic mass is 10.0. The van der Waals surface area contributed by atoms with Crippen LogP contribution < -0.4 is 5.32 Å². The summed E-state index contributed by atoms with van der Waals surface area (Å²) in [5.41, 5.74) is 2.96. The van der Waals surface area contributed by atoms with Gasteiger partial charge in [0.1, 0.15) is 5.82 Å². The fourth-order valence-corrected chi connectivity index (χ4v) is 2.75. The Balaban J connectivity index is 1.88. The Hall–Kier alpha value is -2.79. The van der Waals surface area contributed by atoms with Gasteiger partial charge in [-0.3, -0.25) is 4.98 Å². The van der Waals surface area contributed by atoms with Crippen LogP contribution in [-0.2, 0) is 0 Å². The van der Waals surface area contributed by atoms with Crippen LogP contribution in [-0.4, -0.2) is 26.7 Å². The summed E-state index contributed by atoms with van der Waals surface area (Å²) in [4.78, 5) is 13.3. The Morgan fingerprint density at radius 2 is 1.92 bits per heavy atom. The third-order valence-electron chi connectivity index (χ3n) is 3.95. The van der Waals surface area contributed by atoms with E-state index in [9.17, 15) is 5.11 Å². The van der Waals surface area contributed by atoms with Gasteiger partial charge in [0, 0.05) is 36.3 Å². The van der Waals surface area contributed by atoms with Gasteiger partial charge < -0.3 is 10.4 Å². The number of aliphatic hydroxyl groups excluding tert-OH is 1. The minimum absolute atomic E-state index is 0.0874. The standard InChI is InChI=1S/C20H22N4O/c1-15-13-19(24-20(22-15)17-9-5-11-21-14-17)23-18(10-6-12-25)16-7-3-2-4-8-16/h2-5,7-9,11,13-14,18,25H,6,10,12H2,1H3,(H,22,23,24). The molecule has 0 saturated heterocycles. The van der Waals surface area contributed by atoms with Gasteiger partial charge in [0.2, 0.25) is 0 Å². The molecule has 0 saturated carbocycles. The lowest BCUT2D eigenvalue weighted by Gasteiger charge is -2.20. The first-order chi connectivity index (χ1) is 12.3. The van der Waals surface area contributed by atoms with Crippen molar-refractivity contribution in [1.29, 1.82) is 0 Å². The number of benzene rings is 1. The number of aromatic nitrogens is 3. The number of rotatable bonds is 7. The van der Waals surface area contributed by atoms with Crippen LogP contribution in [0.5, 0.6) is 0 Å². The van der Waals surface area contributed by atoms with Gasteiger partial charge in [0.25, 0.3) is 0 Å². The Labute approximate surface area is 147 Å². The Morgan fingerprint density at radius 1 is 1.08 bits per heavy atom. The Morgan fingerprint density at radius 3 is 2.64 bits per heavy atom. The van der Waals surface area contributed by atoms with Gasteiger partial charge in [-0.1, -0.05) is 30.3 Å². The van der Waals surface area contributed by atoms with E-state index in [1.807, 2.05) is 43.3 Å². The summed E-state index contributed by atoms with van der Waals surface area (Å²) in [5, 5.41) is 12.7. The van der Waals surface area contributed by atoms with E-state index in [2.05, 4.69) is 32.4 Å². The molecule has 0 bridgehead atoms. The molecule has 0 aliphatic carbocycles. The number of anilines is 1. The zero-order valence-corrected chi connectivity index (χ0v) is 14.3. The molecule has 0 radical (unpaired) electrons. The molecule has 1 atom stereocenters. The van der Waals surface area contributed by atoms with Crippen LogP contribution in [0.2, 0.25) is 0 Å². The monoisotopic (exact) mass is 334 g/mol. The molecule has 1 aromatic carbocycles. The van der Waals surface area contributed by atoms with Crippen molar-refractivity contribution in [1.82, 2.24) is 15.0 Å². The van der Waals surface area contributed by atoms with Crippen molar-refractivity contribution in [2.24, 2.45) is 0 Å². The zero-order chi connectivity index (χ0) is 17.5. The van der Waals surface area contributed by atoms with Crippen LogP contribution in [0, 0.1) is 6.92 Å². The molecule has 0 amide bonds. The van der Waals surface area contributed by atoms with Crippen molar-refractivity contribution in [3.63, 3.8) is 0 Å². The molecule has 2 aromatic heterocycles. The van der Waals surface area contributed by atoms with Gasteiger partial charge in [0.05, 0.1) is 6.04 Å². The third-order valence-corrected chi connectivity index (χ3v) is 3.95.